The molecule has 0 aliphatic carbocycles. The summed E-state index contributed by atoms with van der Waals surface area (Å²) in [4.78, 5) is 0. The van der Waals surface area contributed by atoms with E-state index < -0.39 is 6.10 Å². The van der Waals surface area contributed by atoms with E-state index in [1.807, 2.05) is 36.4 Å². The van der Waals surface area contributed by atoms with E-state index in [4.69, 9.17) is 23.2 Å². The molecule has 0 aliphatic rings. The Balaban J connectivity index is 2.02. The fourth-order valence-corrected chi connectivity index (χ4v) is 3.29. The van der Waals surface area contributed by atoms with Gasteiger partial charge in [-0.25, -0.2) is 0 Å². The molecule has 3 aromatic rings. The monoisotopic (exact) mass is 364 g/mol. The molecular formula is C19H22Cl2N2O. The number of nitrogens with one attached hydrogen (secondary N) is 1. The second-order valence-corrected chi connectivity index (χ2v) is 8.09. The second-order valence-electron chi connectivity index (χ2n) is 7.22. The van der Waals surface area contributed by atoms with E-state index in [1.165, 1.54) is 0 Å². The third-order valence-corrected chi connectivity index (χ3v) is 4.52. The molecule has 3 rings (SSSR count). The van der Waals surface area contributed by atoms with E-state index in [9.17, 15) is 5.11 Å². The summed E-state index contributed by atoms with van der Waals surface area (Å²) >= 11 is 12.3. The van der Waals surface area contributed by atoms with Crippen molar-refractivity contribution in [2.24, 2.45) is 0 Å². The largest absolute Gasteiger partial charge is 0.390 e. The zero-order valence-electron chi connectivity index (χ0n) is 14.1. The number of aliphatic hydroxyl groups is 1. The van der Waals surface area contributed by atoms with Gasteiger partial charge in [0.15, 0.2) is 0 Å². The van der Waals surface area contributed by atoms with Gasteiger partial charge in [-0.1, -0.05) is 23.2 Å². The lowest BCUT2D eigenvalue weighted by Crippen LogP contribution is -2.42. The Morgan fingerprint density at radius 3 is 1.96 bits per heavy atom. The molecule has 0 radical (unpaired) electrons. The number of rotatable bonds is 4. The minimum absolute atomic E-state index is 0.0249. The van der Waals surface area contributed by atoms with E-state index in [2.05, 4.69) is 30.7 Å². The maximum Gasteiger partial charge on any atom is 0.0843 e. The molecule has 128 valence electrons. The molecule has 0 spiro atoms. The Morgan fingerprint density at radius 1 is 1.00 bits per heavy atom. The predicted octanol–water partition coefficient (Wildman–Crippen LogP) is 4.85. The number of hydrogen-bond donors (Lipinski definition) is 2. The van der Waals surface area contributed by atoms with Crippen molar-refractivity contribution in [1.82, 2.24) is 9.88 Å². The third-order valence-electron chi connectivity index (χ3n) is 4.05. The molecule has 0 unspecified atom stereocenters. The number of aliphatic hydroxyl groups excluding tert-OH is 1. The molecule has 5 heteroatoms. The van der Waals surface area contributed by atoms with Crippen molar-refractivity contribution in [3.05, 3.63) is 46.4 Å². The molecule has 0 amide bonds. The summed E-state index contributed by atoms with van der Waals surface area (Å²) in [5.74, 6) is 0. The summed E-state index contributed by atoms with van der Waals surface area (Å²) in [6, 6.07) is 11.6. The number of nitrogens with zero attached hydrogens (tertiary/aromatic N) is 1. The Labute approximate surface area is 152 Å². The van der Waals surface area contributed by atoms with Gasteiger partial charge in [-0.2, -0.15) is 0 Å². The zero-order chi connectivity index (χ0) is 17.5. The second kappa shape index (κ2) is 6.57. The highest BCUT2D eigenvalue weighted by Crippen LogP contribution is 2.33. The highest BCUT2D eigenvalue weighted by molar-refractivity contribution is 6.33. The van der Waals surface area contributed by atoms with Crippen LogP contribution in [0, 0.1) is 0 Å². The number of fused-ring (bicyclic) bond motifs is 3. The molecule has 0 saturated heterocycles. The van der Waals surface area contributed by atoms with Crippen LogP contribution in [0.15, 0.2) is 36.4 Å². The van der Waals surface area contributed by atoms with Crippen LogP contribution in [0.3, 0.4) is 0 Å². The fourth-order valence-electron chi connectivity index (χ4n) is 2.94. The van der Waals surface area contributed by atoms with Crippen molar-refractivity contribution < 1.29 is 5.11 Å². The minimum atomic E-state index is -0.491. The summed E-state index contributed by atoms with van der Waals surface area (Å²) in [6.07, 6.45) is -0.491. The maximum absolute atomic E-state index is 10.5. The van der Waals surface area contributed by atoms with E-state index >= 15 is 0 Å². The van der Waals surface area contributed by atoms with Crippen molar-refractivity contribution >= 4 is 45.0 Å². The number of benzene rings is 2. The van der Waals surface area contributed by atoms with Gasteiger partial charge in [-0.3, -0.25) is 0 Å². The average Bonchev–Trinajstić information content (AvgIpc) is 2.78. The number of hydrogen-bond acceptors (Lipinski definition) is 2. The van der Waals surface area contributed by atoms with E-state index in [1.54, 1.807) is 0 Å². The fraction of sp³-hybridized carbons (Fsp3) is 0.368. The van der Waals surface area contributed by atoms with Gasteiger partial charge >= 0.3 is 0 Å². The van der Waals surface area contributed by atoms with Crippen molar-refractivity contribution in [1.29, 1.82) is 0 Å². The Bertz CT molecular complexity index is 821. The van der Waals surface area contributed by atoms with Gasteiger partial charge in [0.1, 0.15) is 0 Å². The van der Waals surface area contributed by atoms with Gasteiger partial charge < -0.3 is 15.0 Å². The van der Waals surface area contributed by atoms with Gasteiger partial charge in [0.05, 0.1) is 12.6 Å². The van der Waals surface area contributed by atoms with Crippen LogP contribution < -0.4 is 5.32 Å². The van der Waals surface area contributed by atoms with Crippen molar-refractivity contribution in [2.45, 2.75) is 39.0 Å². The van der Waals surface area contributed by atoms with Crippen LogP contribution in [0.5, 0.6) is 0 Å². The number of β-amino-alcohol motifs (C(OH)–C–C–N with tert-alkyl or cyclic N) is 1. The van der Waals surface area contributed by atoms with Crippen LogP contribution in [0.1, 0.15) is 20.8 Å². The summed E-state index contributed by atoms with van der Waals surface area (Å²) in [5.41, 5.74) is 2.07. The molecule has 1 aromatic heterocycles. The van der Waals surface area contributed by atoms with Crippen LogP contribution in [-0.4, -0.2) is 27.9 Å². The first-order valence-corrected chi connectivity index (χ1v) is 8.80. The quantitative estimate of drug-likeness (QED) is 0.694. The molecule has 0 aliphatic heterocycles. The summed E-state index contributed by atoms with van der Waals surface area (Å²) in [6.45, 7) is 7.30. The number of aromatic nitrogens is 1. The maximum atomic E-state index is 10.5. The molecule has 3 nitrogen and oxygen atoms in total. The summed E-state index contributed by atoms with van der Waals surface area (Å²) in [5, 5.41) is 17.3. The van der Waals surface area contributed by atoms with Crippen LogP contribution in [0.2, 0.25) is 10.0 Å². The van der Waals surface area contributed by atoms with Crippen molar-refractivity contribution in [2.75, 3.05) is 6.54 Å². The average molecular weight is 365 g/mol. The SMILES string of the molecule is CC(C)(C)NC[C@H](O)Cn1c2ccc(Cl)cc2c2cc(Cl)ccc21. The van der Waals surface area contributed by atoms with Crippen molar-refractivity contribution in [3.8, 4) is 0 Å². The molecule has 0 fully saturated rings. The van der Waals surface area contributed by atoms with Gasteiger partial charge in [-0.15, -0.1) is 0 Å². The van der Waals surface area contributed by atoms with E-state index in [-0.39, 0.29) is 5.54 Å². The molecule has 2 aromatic carbocycles. The first kappa shape index (κ1) is 17.6. The Morgan fingerprint density at radius 2 is 1.50 bits per heavy atom. The number of halogens is 2. The lowest BCUT2D eigenvalue weighted by atomic mass is 10.1. The topological polar surface area (TPSA) is 37.2 Å². The lowest BCUT2D eigenvalue weighted by molar-refractivity contribution is 0.144. The van der Waals surface area contributed by atoms with E-state index in [0.29, 0.717) is 23.1 Å². The highest BCUT2D eigenvalue weighted by atomic mass is 35.5. The molecule has 2 N–H and O–H groups in total. The van der Waals surface area contributed by atoms with Gasteiger partial charge in [-0.05, 0) is 57.2 Å². The Hall–Kier alpha value is -1.26. The van der Waals surface area contributed by atoms with Crippen LogP contribution in [-0.2, 0) is 6.54 Å². The standard InChI is InChI=1S/C19H22Cl2N2O/c1-19(2,3)22-10-14(24)11-23-17-6-4-12(20)8-15(17)16-9-13(21)5-7-18(16)23/h4-9,14,22,24H,10-11H2,1-3H3/t14-/m0/s1. The van der Waals surface area contributed by atoms with Gasteiger partial charge in [0.25, 0.3) is 0 Å². The first-order valence-electron chi connectivity index (χ1n) is 8.05. The lowest BCUT2D eigenvalue weighted by Gasteiger charge is -2.23. The van der Waals surface area contributed by atoms with Gasteiger partial charge in [0, 0.05) is 43.9 Å². The molecule has 0 bridgehead atoms. The summed E-state index contributed by atoms with van der Waals surface area (Å²) < 4.78 is 2.13. The molecule has 1 heterocycles. The molecule has 1 atom stereocenters. The van der Waals surface area contributed by atoms with Crippen LogP contribution in [0.25, 0.3) is 21.8 Å². The first-order chi connectivity index (χ1) is 11.2. The van der Waals surface area contributed by atoms with E-state index in [0.717, 1.165) is 21.8 Å². The normalized spacial score (nSPS) is 13.8. The molecular weight excluding hydrogens is 343 g/mol. The summed E-state index contributed by atoms with van der Waals surface area (Å²) in [7, 11) is 0. The van der Waals surface area contributed by atoms with Crippen LogP contribution >= 0.6 is 23.2 Å². The molecule has 24 heavy (non-hydrogen) atoms. The zero-order valence-corrected chi connectivity index (χ0v) is 15.6. The third kappa shape index (κ3) is 3.70. The predicted molar refractivity (Wildman–Crippen MR) is 103 cm³/mol. The smallest absolute Gasteiger partial charge is 0.0843 e. The Kier molecular flexibility index (Phi) is 4.80. The minimum Gasteiger partial charge on any atom is -0.390 e. The molecule has 0 saturated carbocycles. The van der Waals surface area contributed by atoms with Crippen LogP contribution in [0.4, 0.5) is 0 Å². The highest BCUT2D eigenvalue weighted by Gasteiger charge is 2.16. The van der Waals surface area contributed by atoms with Gasteiger partial charge in [0.2, 0.25) is 0 Å². The van der Waals surface area contributed by atoms with Crippen molar-refractivity contribution in [3.63, 3.8) is 0 Å².